The quantitative estimate of drug-likeness (QED) is 0.164. The second-order valence-corrected chi connectivity index (χ2v) is 32.1. The maximum Gasteiger partial charge on any atom is 0 e. The number of benzene rings is 1. The minimum atomic E-state index is -2.92. The van der Waals surface area contributed by atoms with Crippen LogP contribution in [0.3, 0.4) is 0 Å². The Hall–Kier alpha value is 1.02. The van der Waals surface area contributed by atoms with Crippen molar-refractivity contribution in [2.75, 3.05) is 0 Å². The van der Waals surface area contributed by atoms with Gasteiger partial charge in [0.1, 0.15) is 0 Å². The van der Waals surface area contributed by atoms with Gasteiger partial charge in [-0.1, -0.05) is 0 Å². The Bertz CT molecular complexity index is 951. The average Bonchev–Trinajstić information content (AvgIpc) is 3.91. The van der Waals surface area contributed by atoms with Crippen molar-refractivity contribution < 1.29 is 19.5 Å². The minimum Gasteiger partial charge on any atom is 0 e. The van der Waals surface area contributed by atoms with Crippen LogP contribution < -0.4 is 0 Å². The van der Waals surface area contributed by atoms with Crippen molar-refractivity contribution in [2.24, 2.45) is 0 Å². The third-order valence-electron chi connectivity index (χ3n) is 14.9. The van der Waals surface area contributed by atoms with E-state index in [4.69, 9.17) is 0 Å². The zero-order valence-corrected chi connectivity index (χ0v) is 32.6. The van der Waals surface area contributed by atoms with Gasteiger partial charge in [0.2, 0.25) is 0 Å². The van der Waals surface area contributed by atoms with Crippen LogP contribution in [-0.4, -0.2) is 39.4 Å². The molecule has 5 heteroatoms. The number of allylic oxidation sites excluding steroid dienone is 1. The molecule has 0 amide bonds. The zero-order valence-electron chi connectivity index (χ0n) is 27.6. The van der Waals surface area contributed by atoms with Crippen LogP contribution in [0.15, 0.2) is 36.4 Å². The molecule has 0 aliphatic heterocycles. The molecule has 44 heavy (non-hydrogen) atoms. The monoisotopic (exact) mass is 764 g/mol. The summed E-state index contributed by atoms with van der Waals surface area (Å²) in [5.41, 5.74) is 5.93. The van der Waals surface area contributed by atoms with Gasteiger partial charge < -0.3 is 0 Å². The Morgan fingerprint density at radius 1 is 0.455 bits per heavy atom. The summed E-state index contributed by atoms with van der Waals surface area (Å²) in [6, 6.07) is 11.4. The van der Waals surface area contributed by atoms with Gasteiger partial charge in [-0.05, 0) is 0 Å². The van der Waals surface area contributed by atoms with Crippen LogP contribution in [0.1, 0.15) is 160 Å². The molecule has 1 aromatic carbocycles. The van der Waals surface area contributed by atoms with Crippen molar-refractivity contribution in [1.82, 2.24) is 0 Å². The number of hydrogen-bond acceptors (Lipinski definition) is 0. The van der Waals surface area contributed by atoms with Crippen molar-refractivity contribution in [2.45, 2.75) is 193 Å². The Kier molecular flexibility index (Phi) is 11.2. The molecular weight excluding hydrogens is 702 g/mol. The molecule has 0 heterocycles. The Morgan fingerprint density at radius 2 is 0.705 bits per heavy atom. The summed E-state index contributed by atoms with van der Waals surface area (Å²) in [6.07, 6.45) is 39.4. The number of hydrogen-bond donors (Lipinski definition) is 0. The van der Waals surface area contributed by atoms with E-state index >= 15 is 0 Å². The van der Waals surface area contributed by atoms with Crippen LogP contribution in [0.5, 0.6) is 0 Å². The van der Waals surface area contributed by atoms with Gasteiger partial charge in [-0.15, -0.1) is 0 Å². The summed E-state index contributed by atoms with van der Waals surface area (Å²) in [6.45, 7) is 0. The fourth-order valence-corrected chi connectivity index (χ4v) is 44.5. The van der Waals surface area contributed by atoms with Crippen molar-refractivity contribution in [1.29, 1.82) is 0 Å². The smallest absolute Gasteiger partial charge is 0 e. The Morgan fingerprint density at radius 3 is 0.955 bits per heavy atom. The summed E-state index contributed by atoms with van der Waals surface area (Å²) < 4.78 is 0. The molecule has 0 nitrogen and oxygen atoms in total. The molecule has 0 aromatic heterocycles. The van der Waals surface area contributed by atoms with Crippen molar-refractivity contribution in [3.63, 3.8) is 0 Å². The predicted octanol–water partition coefficient (Wildman–Crippen LogP) is 14.1. The van der Waals surface area contributed by atoms with Crippen molar-refractivity contribution in [3.8, 4) is 0 Å². The first-order valence-corrected chi connectivity index (χ1v) is 26.0. The number of halogens is 2. The largest absolute Gasteiger partial charge is 0 e. The van der Waals surface area contributed by atoms with Crippen molar-refractivity contribution >= 4 is 40.5 Å². The van der Waals surface area contributed by atoms with E-state index in [2.05, 4.69) is 42.5 Å². The zero-order chi connectivity index (χ0) is 29.4. The van der Waals surface area contributed by atoms with Gasteiger partial charge in [0, 0.05) is 19.5 Å². The van der Waals surface area contributed by atoms with E-state index in [-0.39, 0.29) is 19.5 Å². The summed E-state index contributed by atoms with van der Waals surface area (Å²) in [4.78, 5) is 0. The van der Waals surface area contributed by atoms with Crippen molar-refractivity contribution in [3.05, 3.63) is 42.0 Å². The van der Waals surface area contributed by atoms with E-state index in [1.54, 1.807) is 0 Å². The van der Waals surface area contributed by atoms with Gasteiger partial charge in [0.15, 0.2) is 0 Å². The topological polar surface area (TPSA) is 0 Å². The second kappa shape index (κ2) is 14.1. The van der Waals surface area contributed by atoms with E-state index in [0.29, 0.717) is 5.40 Å². The molecule has 0 spiro atoms. The Balaban J connectivity index is 0.00000343. The van der Waals surface area contributed by atoms with Crippen LogP contribution in [0, 0.1) is 0 Å². The van der Waals surface area contributed by atoms with Crippen LogP contribution in [0.2, 0.25) is 0 Å². The fourth-order valence-electron chi connectivity index (χ4n) is 13.4. The molecule has 0 radical (unpaired) electrons. The fraction of sp³-hybridized carbons (Fsp3) is 0.795. The molecule has 6 saturated carbocycles. The molecular formula is C39H62Cl2P2Ru. The van der Waals surface area contributed by atoms with E-state index in [1.165, 1.54) is 160 Å². The van der Waals surface area contributed by atoms with Crippen LogP contribution >= 0.6 is 34.4 Å². The molecule has 7 rings (SSSR count). The standard InChI is InChI=1S/C39H62Cl2P2.Ru/c40-42(33-18-4-5-19-33,34-20-6-7-21-34,35-22-8-9-23-35)39(31-30-32-16-2-1-3-17-32)43(41,36-24-10-11-25-36,37-26-12-13-27-37)38-28-14-15-29-38;/h1-3,16-17,30-31,33-39H,4-15,18-29H2;. The number of rotatable bonds is 10. The predicted molar refractivity (Wildman–Crippen MR) is 198 cm³/mol. The normalized spacial score (nSPS) is 28.4. The SMILES string of the molecule is ClP(C1CCCC1)(C1CCCC1)(C1CCCC1)C(C=Cc1ccccc1)P(Cl)(C1CCCC1)(C1CCCC1)C1CCCC1.[Ru]. The van der Waals surface area contributed by atoms with Gasteiger partial charge >= 0.3 is 276 Å². The maximum absolute atomic E-state index is 9.59. The first-order valence-electron chi connectivity index (χ1n) is 19.2. The molecule has 0 atom stereocenters. The molecule has 0 N–H and O–H groups in total. The molecule has 0 bridgehead atoms. The van der Waals surface area contributed by atoms with E-state index < -0.39 is 11.9 Å². The molecule has 0 unspecified atom stereocenters. The third-order valence-corrected chi connectivity index (χ3v) is 40.0. The van der Waals surface area contributed by atoms with Crippen LogP contribution in [-0.2, 0) is 19.5 Å². The van der Waals surface area contributed by atoms with Gasteiger partial charge in [0.05, 0.1) is 0 Å². The molecule has 6 aliphatic carbocycles. The van der Waals surface area contributed by atoms with Gasteiger partial charge in [0.25, 0.3) is 0 Å². The summed E-state index contributed by atoms with van der Waals surface area (Å²) >= 11 is 19.2. The van der Waals surface area contributed by atoms with E-state index in [1.807, 2.05) is 0 Å². The summed E-state index contributed by atoms with van der Waals surface area (Å²) in [5, 5.41) is 0.490. The van der Waals surface area contributed by atoms with Crippen LogP contribution in [0.25, 0.3) is 6.08 Å². The van der Waals surface area contributed by atoms with Gasteiger partial charge in [-0.3, -0.25) is 0 Å². The Labute approximate surface area is 293 Å². The van der Waals surface area contributed by atoms with Gasteiger partial charge in [-0.2, -0.15) is 0 Å². The molecule has 0 saturated heterocycles. The molecule has 250 valence electrons. The first-order chi connectivity index (χ1) is 21.0. The van der Waals surface area contributed by atoms with E-state index in [0.717, 1.165) is 34.0 Å². The molecule has 6 fully saturated rings. The minimum absolute atomic E-state index is 0. The average molecular weight is 765 g/mol. The second-order valence-electron chi connectivity index (χ2n) is 16.4. The van der Waals surface area contributed by atoms with E-state index in [9.17, 15) is 22.5 Å². The third kappa shape index (κ3) is 5.27. The summed E-state index contributed by atoms with van der Waals surface area (Å²) in [7, 11) is 0. The molecule has 1 aromatic rings. The maximum atomic E-state index is 9.59. The van der Waals surface area contributed by atoms with Crippen LogP contribution in [0.4, 0.5) is 0 Å². The van der Waals surface area contributed by atoms with Gasteiger partial charge in [-0.25, -0.2) is 0 Å². The summed E-state index contributed by atoms with van der Waals surface area (Å²) in [5.74, 6) is -5.85. The molecule has 6 aliphatic rings. The first kappa shape index (κ1) is 34.9.